The summed E-state index contributed by atoms with van der Waals surface area (Å²) in [7, 11) is 1.52. The Morgan fingerprint density at radius 2 is 1.95 bits per heavy atom. The molecular formula is C17H26N2O3. The topological polar surface area (TPSA) is 52.1 Å². The van der Waals surface area contributed by atoms with E-state index in [0.717, 1.165) is 28.3 Å². The predicted molar refractivity (Wildman–Crippen MR) is 90.8 cm³/mol. The van der Waals surface area contributed by atoms with Crippen molar-refractivity contribution in [3.8, 4) is 5.75 Å². The van der Waals surface area contributed by atoms with E-state index in [-0.39, 0.29) is 0 Å². The highest BCUT2D eigenvalue weighted by molar-refractivity contribution is 5.82. The van der Waals surface area contributed by atoms with Crippen molar-refractivity contribution in [2.45, 2.75) is 27.7 Å². The first-order valence-electron chi connectivity index (χ1n) is 7.32. The van der Waals surface area contributed by atoms with Crippen LogP contribution in [0.2, 0.25) is 0 Å². The molecule has 0 aliphatic heterocycles. The molecular weight excluding hydrogens is 280 g/mol. The van der Waals surface area contributed by atoms with Gasteiger partial charge in [0.15, 0.2) is 0 Å². The van der Waals surface area contributed by atoms with Gasteiger partial charge < -0.3 is 19.6 Å². The summed E-state index contributed by atoms with van der Waals surface area (Å²) < 4.78 is 11.2. The van der Waals surface area contributed by atoms with Gasteiger partial charge in [0.1, 0.15) is 26.2 Å². The van der Waals surface area contributed by atoms with Crippen LogP contribution in [0.25, 0.3) is 0 Å². The molecule has 5 nitrogen and oxygen atoms in total. The number of hydrogen-bond donors (Lipinski definition) is 1. The minimum atomic E-state index is 0.414. The van der Waals surface area contributed by atoms with E-state index in [9.17, 15) is 0 Å². The van der Waals surface area contributed by atoms with E-state index in [0.29, 0.717) is 19.9 Å². The molecule has 0 fully saturated rings. The zero-order chi connectivity index (χ0) is 16.4. The molecule has 0 saturated carbocycles. The lowest BCUT2D eigenvalue weighted by molar-refractivity contribution is 0.178. The van der Waals surface area contributed by atoms with Gasteiger partial charge in [0.2, 0.25) is 0 Å². The molecule has 0 amide bonds. The standard InChI is InChI=1S/C17H26N2O3/c1-6-7-8-22-16-9-13(2)17(14(3)10-16)18-12-21-11-15(4)19-20-5/h6-7,9-10,18H,8,11-12H2,1-5H3/b7-6+,19-15?. The van der Waals surface area contributed by atoms with Crippen LogP contribution in [-0.4, -0.2) is 32.8 Å². The largest absolute Gasteiger partial charge is 0.490 e. The summed E-state index contributed by atoms with van der Waals surface area (Å²) in [6.45, 7) is 9.37. The summed E-state index contributed by atoms with van der Waals surface area (Å²) >= 11 is 0. The van der Waals surface area contributed by atoms with Crippen LogP contribution < -0.4 is 10.1 Å². The SMILES string of the molecule is C/C=C/COc1cc(C)c(NCOCC(C)=NOC)c(C)c1. The molecule has 0 unspecified atom stereocenters. The van der Waals surface area contributed by atoms with Gasteiger partial charge in [-0.1, -0.05) is 17.3 Å². The fourth-order valence-electron chi connectivity index (χ4n) is 2.03. The molecule has 0 aliphatic carbocycles. The minimum absolute atomic E-state index is 0.414. The lowest BCUT2D eigenvalue weighted by Crippen LogP contribution is -2.13. The Morgan fingerprint density at radius 1 is 1.27 bits per heavy atom. The molecule has 0 spiro atoms. The van der Waals surface area contributed by atoms with Crippen LogP contribution in [0.4, 0.5) is 5.69 Å². The number of benzene rings is 1. The number of aryl methyl sites for hydroxylation is 2. The van der Waals surface area contributed by atoms with E-state index >= 15 is 0 Å². The number of anilines is 1. The minimum Gasteiger partial charge on any atom is -0.490 e. The highest BCUT2D eigenvalue weighted by Gasteiger charge is 2.05. The average Bonchev–Trinajstić information content (AvgIpc) is 2.46. The van der Waals surface area contributed by atoms with Crippen molar-refractivity contribution < 1.29 is 14.3 Å². The maximum absolute atomic E-state index is 5.67. The monoisotopic (exact) mass is 306 g/mol. The number of hydrogen-bond acceptors (Lipinski definition) is 5. The third-order valence-corrected chi connectivity index (χ3v) is 3.00. The molecule has 0 aliphatic rings. The smallest absolute Gasteiger partial charge is 0.120 e. The molecule has 1 rings (SSSR count). The van der Waals surface area contributed by atoms with Crippen molar-refractivity contribution in [2.24, 2.45) is 5.16 Å². The first-order chi connectivity index (χ1) is 10.6. The van der Waals surface area contributed by atoms with E-state index in [1.807, 2.05) is 38.1 Å². The molecule has 0 atom stereocenters. The number of nitrogens with one attached hydrogen (secondary N) is 1. The zero-order valence-electron chi connectivity index (χ0n) is 14.1. The lowest BCUT2D eigenvalue weighted by Gasteiger charge is -2.15. The molecule has 1 aromatic rings. The van der Waals surface area contributed by atoms with Crippen molar-refractivity contribution in [3.05, 3.63) is 35.4 Å². The molecule has 1 N–H and O–H groups in total. The van der Waals surface area contributed by atoms with Gasteiger partial charge in [-0.15, -0.1) is 0 Å². The molecule has 0 radical (unpaired) electrons. The first kappa shape index (κ1) is 18.0. The number of allylic oxidation sites excluding steroid dienone is 1. The van der Waals surface area contributed by atoms with Gasteiger partial charge in [-0.05, 0) is 51.0 Å². The highest BCUT2D eigenvalue weighted by Crippen LogP contribution is 2.26. The third-order valence-electron chi connectivity index (χ3n) is 3.00. The Bertz CT molecular complexity index is 502. The molecule has 122 valence electrons. The lowest BCUT2D eigenvalue weighted by atomic mass is 10.1. The summed E-state index contributed by atoms with van der Waals surface area (Å²) in [5, 5.41) is 7.08. The van der Waals surface area contributed by atoms with Gasteiger partial charge in [0.05, 0.1) is 12.3 Å². The fraction of sp³-hybridized carbons (Fsp3) is 0.471. The van der Waals surface area contributed by atoms with Crippen LogP contribution in [0.5, 0.6) is 5.75 Å². The Labute approximate surface area is 132 Å². The van der Waals surface area contributed by atoms with E-state index in [4.69, 9.17) is 9.47 Å². The maximum Gasteiger partial charge on any atom is 0.120 e. The molecule has 0 bridgehead atoms. The first-order valence-corrected chi connectivity index (χ1v) is 7.32. The summed E-state index contributed by atoms with van der Waals surface area (Å²) in [6, 6.07) is 4.05. The Hall–Kier alpha value is -2.01. The average molecular weight is 306 g/mol. The van der Waals surface area contributed by atoms with Crippen molar-refractivity contribution in [3.63, 3.8) is 0 Å². The van der Waals surface area contributed by atoms with Gasteiger partial charge in [0.25, 0.3) is 0 Å². The Morgan fingerprint density at radius 3 is 2.55 bits per heavy atom. The molecule has 0 aromatic heterocycles. The summed E-state index contributed by atoms with van der Waals surface area (Å²) in [4.78, 5) is 4.68. The van der Waals surface area contributed by atoms with Gasteiger partial charge >= 0.3 is 0 Å². The van der Waals surface area contributed by atoms with Crippen molar-refractivity contribution in [1.82, 2.24) is 0 Å². The summed E-state index contributed by atoms with van der Waals surface area (Å²) in [5.74, 6) is 0.877. The second kappa shape index (κ2) is 9.84. The Kier molecular flexibility index (Phi) is 8.07. The summed E-state index contributed by atoms with van der Waals surface area (Å²) in [6.07, 6.45) is 3.95. The van der Waals surface area contributed by atoms with Crippen molar-refractivity contribution >= 4 is 11.4 Å². The van der Waals surface area contributed by atoms with Crippen LogP contribution in [0.1, 0.15) is 25.0 Å². The quantitative estimate of drug-likeness (QED) is 0.249. The van der Waals surface area contributed by atoms with E-state index in [1.165, 1.54) is 7.11 Å². The molecule has 0 heterocycles. The van der Waals surface area contributed by atoms with Gasteiger partial charge in [0, 0.05) is 5.69 Å². The van der Waals surface area contributed by atoms with Crippen LogP contribution in [0.15, 0.2) is 29.4 Å². The maximum atomic E-state index is 5.67. The van der Waals surface area contributed by atoms with Crippen LogP contribution in [-0.2, 0) is 9.57 Å². The van der Waals surface area contributed by atoms with Crippen molar-refractivity contribution in [1.29, 1.82) is 0 Å². The molecule has 1 aromatic carbocycles. The Balaban J connectivity index is 2.55. The number of oxime groups is 1. The van der Waals surface area contributed by atoms with E-state index in [1.54, 1.807) is 0 Å². The summed E-state index contributed by atoms with van der Waals surface area (Å²) in [5.41, 5.74) is 4.12. The number of ether oxygens (including phenoxy) is 2. The normalized spacial score (nSPS) is 11.8. The van der Waals surface area contributed by atoms with Crippen LogP contribution in [0.3, 0.4) is 0 Å². The second-order valence-electron chi connectivity index (χ2n) is 4.99. The predicted octanol–water partition coefficient (Wildman–Crippen LogP) is 3.67. The molecule has 22 heavy (non-hydrogen) atoms. The number of rotatable bonds is 9. The van der Waals surface area contributed by atoms with Crippen LogP contribution in [0, 0.1) is 13.8 Å². The molecule has 5 heteroatoms. The van der Waals surface area contributed by atoms with Crippen molar-refractivity contribution in [2.75, 3.05) is 32.4 Å². The highest BCUT2D eigenvalue weighted by atomic mass is 16.6. The van der Waals surface area contributed by atoms with Crippen LogP contribution >= 0.6 is 0 Å². The molecule has 0 saturated heterocycles. The third kappa shape index (κ3) is 6.18. The zero-order valence-corrected chi connectivity index (χ0v) is 14.1. The fourth-order valence-corrected chi connectivity index (χ4v) is 2.03. The van der Waals surface area contributed by atoms with Gasteiger partial charge in [-0.3, -0.25) is 0 Å². The van der Waals surface area contributed by atoms with Gasteiger partial charge in [-0.2, -0.15) is 0 Å². The second-order valence-corrected chi connectivity index (χ2v) is 4.99. The number of nitrogens with zero attached hydrogens (tertiary/aromatic N) is 1. The van der Waals surface area contributed by atoms with Gasteiger partial charge in [-0.25, -0.2) is 0 Å². The van der Waals surface area contributed by atoms with E-state index in [2.05, 4.69) is 29.2 Å². The van der Waals surface area contributed by atoms with E-state index < -0.39 is 0 Å².